The molecule has 2 N–H and O–H groups in total. The molecule has 1 aliphatic heterocycles. The molecule has 0 spiro atoms. The molecule has 22 heavy (non-hydrogen) atoms. The minimum absolute atomic E-state index is 0.109. The van der Waals surface area contributed by atoms with E-state index in [-0.39, 0.29) is 17.9 Å². The van der Waals surface area contributed by atoms with E-state index >= 15 is 0 Å². The Bertz CT molecular complexity index is 589. The lowest BCUT2D eigenvalue weighted by Crippen LogP contribution is -2.33. The Morgan fingerprint density at radius 1 is 1.32 bits per heavy atom. The molecule has 0 saturated heterocycles. The van der Waals surface area contributed by atoms with Crippen LogP contribution in [0.3, 0.4) is 0 Å². The number of hydrogen-bond donors (Lipinski definition) is 2. The van der Waals surface area contributed by atoms with Crippen molar-refractivity contribution in [3.8, 4) is 0 Å². The average Bonchev–Trinajstić information content (AvgIpc) is 3.24. The van der Waals surface area contributed by atoms with Gasteiger partial charge in [-0.1, -0.05) is 6.92 Å². The van der Waals surface area contributed by atoms with Crippen molar-refractivity contribution in [3.05, 3.63) is 17.2 Å². The van der Waals surface area contributed by atoms with E-state index in [1.807, 2.05) is 18.4 Å². The van der Waals surface area contributed by atoms with Crippen LogP contribution < -0.4 is 10.6 Å². The Morgan fingerprint density at radius 2 is 2.09 bits per heavy atom. The van der Waals surface area contributed by atoms with Crippen molar-refractivity contribution in [2.45, 2.75) is 71.0 Å². The number of nitrogens with one attached hydrogen (secondary N) is 2. The zero-order valence-corrected chi connectivity index (χ0v) is 13.3. The number of imidazole rings is 1. The maximum absolute atomic E-state index is 12.4. The van der Waals surface area contributed by atoms with Crippen LogP contribution in [0.25, 0.3) is 0 Å². The molecule has 3 rings (SSSR count). The zero-order chi connectivity index (χ0) is 15.7. The number of amides is 2. The molecule has 1 unspecified atom stereocenters. The highest BCUT2D eigenvalue weighted by molar-refractivity contribution is 5.97. The lowest BCUT2D eigenvalue weighted by Gasteiger charge is -2.17. The maximum Gasteiger partial charge on any atom is 0.287 e. The van der Waals surface area contributed by atoms with Gasteiger partial charge >= 0.3 is 0 Å². The van der Waals surface area contributed by atoms with Gasteiger partial charge in [0.05, 0.1) is 5.69 Å². The third-order valence-electron chi connectivity index (χ3n) is 4.44. The van der Waals surface area contributed by atoms with Crippen LogP contribution in [0.2, 0.25) is 0 Å². The lowest BCUT2D eigenvalue weighted by molar-refractivity contribution is 0.0932. The predicted octanol–water partition coefficient (Wildman–Crippen LogP) is 1.64. The van der Waals surface area contributed by atoms with Gasteiger partial charge in [0.15, 0.2) is 5.82 Å². The highest BCUT2D eigenvalue weighted by Gasteiger charge is 2.30. The molecule has 6 nitrogen and oxygen atoms in total. The molecule has 6 heteroatoms. The van der Waals surface area contributed by atoms with Crippen molar-refractivity contribution in [1.29, 1.82) is 0 Å². The number of carbonyl (C=O) groups is 2. The van der Waals surface area contributed by atoms with Gasteiger partial charge in [-0.05, 0) is 45.4 Å². The molecule has 0 aromatic carbocycles. The molecule has 1 aromatic rings. The topological polar surface area (TPSA) is 76.0 Å². The zero-order valence-electron chi connectivity index (χ0n) is 13.3. The van der Waals surface area contributed by atoms with E-state index in [4.69, 9.17) is 0 Å². The molecule has 2 aliphatic rings. The van der Waals surface area contributed by atoms with Gasteiger partial charge in [0.1, 0.15) is 5.69 Å². The molecular weight excluding hydrogens is 280 g/mol. The van der Waals surface area contributed by atoms with E-state index in [1.165, 1.54) is 0 Å². The normalized spacial score (nSPS) is 18.5. The minimum atomic E-state index is -0.162. The highest BCUT2D eigenvalue weighted by Crippen LogP contribution is 2.23. The van der Waals surface area contributed by atoms with Crippen molar-refractivity contribution in [3.63, 3.8) is 0 Å². The van der Waals surface area contributed by atoms with Gasteiger partial charge in [-0.25, -0.2) is 4.98 Å². The molecule has 0 bridgehead atoms. The number of rotatable bonds is 5. The fourth-order valence-corrected chi connectivity index (χ4v) is 2.77. The maximum atomic E-state index is 12.4. The molecule has 1 fully saturated rings. The van der Waals surface area contributed by atoms with E-state index in [2.05, 4.69) is 15.6 Å². The Kier molecular flexibility index (Phi) is 4.18. The van der Waals surface area contributed by atoms with Gasteiger partial charge in [0, 0.05) is 18.6 Å². The van der Waals surface area contributed by atoms with Gasteiger partial charge < -0.3 is 15.2 Å². The number of hydrogen-bond acceptors (Lipinski definition) is 3. The fourth-order valence-electron chi connectivity index (χ4n) is 2.77. The minimum Gasteiger partial charge on any atom is -0.348 e. The van der Waals surface area contributed by atoms with E-state index in [0.29, 0.717) is 17.6 Å². The van der Waals surface area contributed by atoms with Gasteiger partial charge in [0.25, 0.3) is 11.8 Å². The standard InChI is InChI=1S/C16H24N4O2/c1-3-10(2)17-15(21)13-12-6-4-5-9-20(12)14(19-13)16(22)18-11-7-8-11/h10-11H,3-9H2,1-2H3,(H,17,21)(H,18,22). The first-order chi connectivity index (χ1) is 10.6. The fraction of sp³-hybridized carbons (Fsp3) is 0.688. The number of aromatic nitrogens is 2. The average molecular weight is 304 g/mol. The molecule has 0 radical (unpaired) electrons. The van der Waals surface area contributed by atoms with Crippen LogP contribution in [0.1, 0.15) is 72.8 Å². The molecule has 1 aromatic heterocycles. The summed E-state index contributed by atoms with van der Waals surface area (Å²) in [6, 6.07) is 0.401. The van der Waals surface area contributed by atoms with E-state index in [9.17, 15) is 9.59 Å². The summed E-state index contributed by atoms with van der Waals surface area (Å²) in [5, 5.41) is 5.93. The summed E-state index contributed by atoms with van der Waals surface area (Å²) in [5.41, 5.74) is 1.34. The second-order valence-corrected chi connectivity index (χ2v) is 6.37. The van der Waals surface area contributed by atoms with Crippen molar-refractivity contribution in [1.82, 2.24) is 20.2 Å². The van der Waals surface area contributed by atoms with Crippen LogP contribution in [0.15, 0.2) is 0 Å². The first kappa shape index (κ1) is 15.1. The number of nitrogens with zero attached hydrogens (tertiary/aromatic N) is 2. The second kappa shape index (κ2) is 6.10. The summed E-state index contributed by atoms with van der Waals surface area (Å²) in [6.07, 6.45) is 5.84. The molecule has 2 amide bonds. The summed E-state index contributed by atoms with van der Waals surface area (Å²) in [5.74, 6) is 0.0922. The van der Waals surface area contributed by atoms with E-state index < -0.39 is 0 Å². The summed E-state index contributed by atoms with van der Waals surface area (Å²) < 4.78 is 1.94. The molecule has 2 heterocycles. The van der Waals surface area contributed by atoms with E-state index in [0.717, 1.165) is 50.8 Å². The predicted molar refractivity (Wildman–Crippen MR) is 82.9 cm³/mol. The molecule has 1 aliphatic carbocycles. The highest BCUT2D eigenvalue weighted by atomic mass is 16.2. The molecule has 120 valence electrons. The van der Waals surface area contributed by atoms with Crippen LogP contribution in [0, 0.1) is 0 Å². The molecule has 1 atom stereocenters. The van der Waals surface area contributed by atoms with Crippen LogP contribution >= 0.6 is 0 Å². The third kappa shape index (κ3) is 3.00. The van der Waals surface area contributed by atoms with Crippen LogP contribution in [0.5, 0.6) is 0 Å². The number of carbonyl (C=O) groups excluding carboxylic acids is 2. The van der Waals surface area contributed by atoms with Crippen molar-refractivity contribution >= 4 is 11.8 Å². The monoisotopic (exact) mass is 304 g/mol. The summed E-state index contributed by atoms with van der Waals surface area (Å²) in [4.78, 5) is 29.2. The SMILES string of the molecule is CCC(C)NC(=O)c1nc(C(=O)NC2CC2)n2c1CCCC2. The summed E-state index contributed by atoms with van der Waals surface area (Å²) in [7, 11) is 0. The quantitative estimate of drug-likeness (QED) is 0.868. The van der Waals surface area contributed by atoms with Crippen LogP contribution in [-0.2, 0) is 13.0 Å². The Balaban J connectivity index is 1.87. The third-order valence-corrected chi connectivity index (χ3v) is 4.44. The Hall–Kier alpha value is -1.85. The molecular formula is C16H24N4O2. The first-order valence-corrected chi connectivity index (χ1v) is 8.31. The first-order valence-electron chi connectivity index (χ1n) is 8.31. The van der Waals surface area contributed by atoms with Gasteiger partial charge in [0.2, 0.25) is 0 Å². The van der Waals surface area contributed by atoms with Gasteiger partial charge in [-0.15, -0.1) is 0 Å². The lowest BCUT2D eigenvalue weighted by atomic mass is 10.1. The molecule has 1 saturated carbocycles. The Labute approximate surface area is 130 Å². The van der Waals surface area contributed by atoms with Crippen molar-refractivity contribution < 1.29 is 9.59 Å². The summed E-state index contributed by atoms with van der Waals surface area (Å²) in [6.45, 7) is 4.77. The largest absolute Gasteiger partial charge is 0.348 e. The van der Waals surface area contributed by atoms with E-state index in [1.54, 1.807) is 0 Å². The van der Waals surface area contributed by atoms with Crippen molar-refractivity contribution in [2.24, 2.45) is 0 Å². The van der Waals surface area contributed by atoms with Crippen molar-refractivity contribution in [2.75, 3.05) is 0 Å². The second-order valence-electron chi connectivity index (χ2n) is 6.37. The van der Waals surface area contributed by atoms with Gasteiger partial charge in [-0.2, -0.15) is 0 Å². The Morgan fingerprint density at radius 3 is 2.77 bits per heavy atom. The van der Waals surface area contributed by atoms with Crippen LogP contribution in [0.4, 0.5) is 0 Å². The van der Waals surface area contributed by atoms with Crippen LogP contribution in [-0.4, -0.2) is 33.4 Å². The van der Waals surface area contributed by atoms with Gasteiger partial charge in [-0.3, -0.25) is 9.59 Å². The smallest absolute Gasteiger partial charge is 0.287 e. The summed E-state index contributed by atoms with van der Waals surface area (Å²) >= 11 is 0. The number of fused-ring (bicyclic) bond motifs is 1.